The maximum absolute atomic E-state index is 9.79. The number of rotatable bonds is 2. The smallest absolute Gasteiger partial charge is 0.0541 e. The van der Waals surface area contributed by atoms with E-state index in [1.807, 2.05) is 6.07 Å². The number of anilines is 1. The number of aliphatic hydroxyl groups excluding tert-OH is 1. The van der Waals surface area contributed by atoms with Crippen LogP contribution >= 0.6 is 11.6 Å². The van der Waals surface area contributed by atoms with Crippen molar-refractivity contribution in [2.75, 3.05) is 31.1 Å². The maximum Gasteiger partial charge on any atom is 0.0541 e. The van der Waals surface area contributed by atoms with E-state index in [0.717, 1.165) is 24.4 Å². The van der Waals surface area contributed by atoms with Gasteiger partial charge in [0.05, 0.1) is 6.10 Å². The average molecular weight is 363 g/mol. The molecular weight excluding hydrogens is 332 g/mol. The second-order valence-corrected chi connectivity index (χ2v) is 9.00. The molecule has 1 aliphatic carbocycles. The van der Waals surface area contributed by atoms with E-state index in [1.54, 1.807) is 0 Å². The van der Waals surface area contributed by atoms with E-state index in [0.29, 0.717) is 11.5 Å². The minimum absolute atomic E-state index is 0.0520. The van der Waals surface area contributed by atoms with Gasteiger partial charge in [0.2, 0.25) is 0 Å². The first kappa shape index (κ1) is 17.6. The molecule has 2 aliphatic heterocycles. The van der Waals surface area contributed by atoms with Gasteiger partial charge in [-0.2, -0.15) is 0 Å². The monoisotopic (exact) mass is 362 g/mol. The fraction of sp³-hybridized carbons (Fsp3) is 0.714. The Kier molecular flexibility index (Phi) is 5.00. The molecule has 1 spiro atoms. The van der Waals surface area contributed by atoms with Crippen LogP contribution in [0.1, 0.15) is 50.5 Å². The summed E-state index contributed by atoms with van der Waals surface area (Å²) >= 11 is 6.37. The van der Waals surface area contributed by atoms with E-state index in [-0.39, 0.29) is 6.10 Å². The molecule has 1 aromatic carbocycles. The lowest BCUT2D eigenvalue weighted by atomic mass is 9.79. The number of benzene rings is 1. The molecule has 0 bridgehead atoms. The van der Waals surface area contributed by atoms with Crippen molar-refractivity contribution in [3.05, 3.63) is 28.8 Å². The number of hydrogen-bond donors (Lipinski definition) is 1. The molecule has 3 nitrogen and oxygen atoms in total. The molecule has 1 N–H and O–H groups in total. The molecule has 2 saturated heterocycles. The van der Waals surface area contributed by atoms with Crippen molar-refractivity contribution >= 4 is 17.3 Å². The van der Waals surface area contributed by atoms with Gasteiger partial charge < -0.3 is 10.0 Å². The molecular formula is C21H31ClN2O. The van der Waals surface area contributed by atoms with E-state index >= 15 is 0 Å². The van der Waals surface area contributed by atoms with Crippen LogP contribution < -0.4 is 4.90 Å². The molecule has 0 amide bonds. The number of nitrogens with zero attached hydrogens (tertiary/aromatic N) is 2. The number of piperidine rings is 1. The zero-order chi connectivity index (χ0) is 17.4. The summed E-state index contributed by atoms with van der Waals surface area (Å²) in [4.78, 5) is 5.32. The first-order valence-electron chi connectivity index (χ1n) is 9.99. The Morgan fingerprint density at radius 1 is 1.08 bits per heavy atom. The van der Waals surface area contributed by atoms with Crippen molar-refractivity contribution in [2.45, 2.75) is 64.0 Å². The average Bonchev–Trinajstić information content (AvgIpc) is 3.01. The van der Waals surface area contributed by atoms with Gasteiger partial charge in [-0.05, 0) is 76.1 Å². The summed E-state index contributed by atoms with van der Waals surface area (Å²) in [7, 11) is 0. The second kappa shape index (κ2) is 7.09. The highest BCUT2D eigenvalue weighted by Crippen LogP contribution is 2.43. The third kappa shape index (κ3) is 3.56. The summed E-state index contributed by atoms with van der Waals surface area (Å²) < 4.78 is 0. The van der Waals surface area contributed by atoms with E-state index in [2.05, 4.69) is 28.9 Å². The summed E-state index contributed by atoms with van der Waals surface area (Å²) in [6.07, 6.45) is 8.23. The molecule has 0 radical (unpaired) electrons. The standard InChI is InChI=1S/C21H31ClN2O/c1-16-19(22)4-2-5-20(16)24-12-3-10-21(15-24)11-13-23(14-21)17-6-8-18(25)9-7-17/h2,4-5,17-18,25H,3,6-15H2,1H3/t17-,18-,21-/m1/s1. The van der Waals surface area contributed by atoms with Crippen molar-refractivity contribution in [3.8, 4) is 0 Å². The van der Waals surface area contributed by atoms with Crippen LogP contribution in [0, 0.1) is 12.3 Å². The maximum atomic E-state index is 9.79. The number of halogens is 1. The minimum Gasteiger partial charge on any atom is -0.393 e. The number of aliphatic hydroxyl groups is 1. The van der Waals surface area contributed by atoms with Gasteiger partial charge in [-0.25, -0.2) is 0 Å². The predicted molar refractivity (Wildman–Crippen MR) is 105 cm³/mol. The SMILES string of the molecule is Cc1c(Cl)cccc1N1CCC[C@]2(CCN([C@H]3CC[C@H](O)CC3)C2)C1. The van der Waals surface area contributed by atoms with E-state index in [4.69, 9.17) is 11.6 Å². The Morgan fingerprint density at radius 2 is 1.88 bits per heavy atom. The van der Waals surface area contributed by atoms with Crippen LogP contribution in [0.3, 0.4) is 0 Å². The Morgan fingerprint density at radius 3 is 2.68 bits per heavy atom. The van der Waals surface area contributed by atoms with Crippen molar-refractivity contribution in [3.63, 3.8) is 0 Å². The molecule has 1 atom stereocenters. The van der Waals surface area contributed by atoms with E-state index in [9.17, 15) is 5.11 Å². The van der Waals surface area contributed by atoms with Crippen LogP contribution in [0.5, 0.6) is 0 Å². The molecule has 1 saturated carbocycles. The van der Waals surface area contributed by atoms with Crippen molar-refractivity contribution < 1.29 is 5.11 Å². The van der Waals surface area contributed by atoms with Gasteiger partial charge in [-0.1, -0.05) is 17.7 Å². The normalized spacial score (nSPS) is 34.0. The Balaban J connectivity index is 1.45. The molecule has 4 rings (SSSR count). The summed E-state index contributed by atoms with van der Waals surface area (Å²) in [5.74, 6) is 0. The summed E-state index contributed by atoms with van der Waals surface area (Å²) in [6, 6.07) is 7.01. The lowest BCUT2D eigenvalue weighted by Gasteiger charge is -2.43. The van der Waals surface area contributed by atoms with Gasteiger partial charge in [0.25, 0.3) is 0 Å². The van der Waals surface area contributed by atoms with E-state index in [1.165, 1.54) is 63.0 Å². The topological polar surface area (TPSA) is 26.7 Å². The highest BCUT2D eigenvalue weighted by Gasteiger charge is 2.43. The lowest BCUT2D eigenvalue weighted by molar-refractivity contribution is 0.0770. The summed E-state index contributed by atoms with van der Waals surface area (Å²) in [5, 5.41) is 10.7. The molecule has 2 heterocycles. The van der Waals surface area contributed by atoms with Crippen molar-refractivity contribution in [1.29, 1.82) is 0 Å². The largest absolute Gasteiger partial charge is 0.393 e. The number of hydrogen-bond acceptors (Lipinski definition) is 3. The fourth-order valence-electron chi connectivity index (χ4n) is 5.39. The molecule has 0 aromatic heterocycles. The van der Waals surface area contributed by atoms with Gasteiger partial charge in [-0.15, -0.1) is 0 Å². The minimum atomic E-state index is -0.0520. The van der Waals surface area contributed by atoms with Crippen molar-refractivity contribution in [1.82, 2.24) is 4.90 Å². The number of likely N-dealkylation sites (tertiary alicyclic amines) is 1. The summed E-state index contributed by atoms with van der Waals surface area (Å²) in [5.41, 5.74) is 2.99. The highest BCUT2D eigenvalue weighted by atomic mass is 35.5. The molecule has 138 valence electrons. The summed E-state index contributed by atoms with van der Waals surface area (Å²) in [6.45, 7) is 6.94. The molecule has 3 aliphatic rings. The molecule has 1 aromatic rings. The molecule has 4 heteroatoms. The Hall–Kier alpha value is -0.770. The zero-order valence-corrected chi connectivity index (χ0v) is 16.1. The van der Waals surface area contributed by atoms with Crippen LogP contribution in [0.4, 0.5) is 5.69 Å². The van der Waals surface area contributed by atoms with Crippen molar-refractivity contribution in [2.24, 2.45) is 5.41 Å². The zero-order valence-electron chi connectivity index (χ0n) is 15.4. The van der Waals surface area contributed by atoms with E-state index < -0.39 is 0 Å². The van der Waals surface area contributed by atoms with Crippen LogP contribution in [0.2, 0.25) is 5.02 Å². The first-order valence-corrected chi connectivity index (χ1v) is 10.4. The van der Waals surface area contributed by atoms with Gasteiger partial charge in [-0.3, -0.25) is 4.90 Å². The molecule has 25 heavy (non-hydrogen) atoms. The Labute approximate surface area is 157 Å². The second-order valence-electron chi connectivity index (χ2n) is 8.59. The first-order chi connectivity index (χ1) is 12.1. The Bertz CT molecular complexity index is 614. The fourth-order valence-corrected chi connectivity index (χ4v) is 5.56. The third-order valence-electron chi connectivity index (χ3n) is 6.89. The van der Waals surface area contributed by atoms with Gasteiger partial charge in [0.15, 0.2) is 0 Å². The van der Waals surface area contributed by atoms with Gasteiger partial charge >= 0.3 is 0 Å². The van der Waals surface area contributed by atoms with Crippen LogP contribution in [-0.2, 0) is 0 Å². The van der Waals surface area contributed by atoms with Crippen LogP contribution in [-0.4, -0.2) is 48.3 Å². The van der Waals surface area contributed by atoms with Gasteiger partial charge in [0.1, 0.15) is 0 Å². The van der Waals surface area contributed by atoms with Gasteiger partial charge in [0, 0.05) is 41.8 Å². The molecule has 0 unspecified atom stereocenters. The van der Waals surface area contributed by atoms with Crippen LogP contribution in [0.25, 0.3) is 0 Å². The predicted octanol–water partition coefficient (Wildman–Crippen LogP) is 4.24. The lowest BCUT2D eigenvalue weighted by Crippen LogP contribution is -2.46. The highest BCUT2D eigenvalue weighted by molar-refractivity contribution is 6.31. The quantitative estimate of drug-likeness (QED) is 0.852. The third-order valence-corrected chi connectivity index (χ3v) is 7.30. The van der Waals surface area contributed by atoms with Crippen LogP contribution in [0.15, 0.2) is 18.2 Å². The molecule has 3 fully saturated rings.